The number of fused-ring (bicyclic) bond motifs is 1. The van der Waals surface area contributed by atoms with Crippen molar-refractivity contribution in [1.82, 2.24) is 14.9 Å². The fraction of sp³-hybridized carbons (Fsp3) is 0.320. The summed E-state index contributed by atoms with van der Waals surface area (Å²) in [7, 11) is -3.63. The Hall–Kier alpha value is -2.77. The SMILES string of the molecule is C[C@H](NS(=O)(=O)C=Cc1n[nH]c2c1CCCCC2Cc1ccc(F)cc1)c1ccccc1. The zero-order valence-corrected chi connectivity index (χ0v) is 18.9. The molecule has 7 heteroatoms. The number of hydrogen-bond acceptors (Lipinski definition) is 3. The molecule has 5 nitrogen and oxygen atoms in total. The van der Waals surface area contributed by atoms with Crippen molar-refractivity contribution in [2.45, 2.75) is 51.0 Å². The Kier molecular flexibility index (Phi) is 6.86. The van der Waals surface area contributed by atoms with E-state index in [-0.39, 0.29) is 17.8 Å². The summed E-state index contributed by atoms with van der Waals surface area (Å²) in [5.74, 6) is 0.0149. The molecule has 1 aliphatic carbocycles. The van der Waals surface area contributed by atoms with Crippen LogP contribution in [0.15, 0.2) is 60.0 Å². The standard InChI is InChI=1S/C25H28FN3O2S/c1-18(20-7-3-2-4-8-20)29-32(30,31)16-15-24-23-10-6-5-9-21(25(23)28-27-24)17-19-11-13-22(26)14-12-19/h2-4,7-8,11-16,18,21,29H,5-6,9-10,17H2,1H3,(H,27,28)/t18-,21?/m0/s1. The summed E-state index contributed by atoms with van der Waals surface area (Å²) < 4.78 is 41.2. The molecule has 0 bridgehead atoms. The largest absolute Gasteiger partial charge is 0.281 e. The average Bonchev–Trinajstić information content (AvgIpc) is 3.08. The van der Waals surface area contributed by atoms with E-state index >= 15 is 0 Å². The van der Waals surface area contributed by atoms with Gasteiger partial charge in [-0.05, 0) is 61.9 Å². The Bertz CT molecular complexity index is 1170. The van der Waals surface area contributed by atoms with Gasteiger partial charge in [-0.3, -0.25) is 5.10 Å². The van der Waals surface area contributed by atoms with Crippen LogP contribution < -0.4 is 4.72 Å². The Labute approximate surface area is 188 Å². The third kappa shape index (κ3) is 5.53. The van der Waals surface area contributed by atoms with Crippen molar-refractivity contribution < 1.29 is 12.8 Å². The molecule has 4 rings (SSSR count). The highest BCUT2D eigenvalue weighted by Gasteiger charge is 2.24. The topological polar surface area (TPSA) is 74.8 Å². The molecule has 1 unspecified atom stereocenters. The molecule has 2 N–H and O–H groups in total. The molecule has 0 spiro atoms. The first kappa shape index (κ1) is 22.4. The average molecular weight is 454 g/mol. The molecule has 0 aliphatic heterocycles. The van der Waals surface area contributed by atoms with E-state index in [1.165, 1.54) is 17.5 Å². The number of nitrogens with one attached hydrogen (secondary N) is 2. The van der Waals surface area contributed by atoms with Crippen molar-refractivity contribution in [2.75, 3.05) is 0 Å². The number of aromatic amines is 1. The van der Waals surface area contributed by atoms with Gasteiger partial charge in [0.2, 0.25) is 10.0 Å². The van der Waals surface area contributed by atoms with Gasteiger partial charge in [-0.2, -0.15) is 5.10 Å². The van der Waals surface area contributed by atoms with E-state index in [9.17, 15) is 12.8 Å². The first-order valence-electron chi connectivity index (χ1n) is 11.0. The van der Waals surface area contributed by atoms with Crippen LogP contribution in [-0.4, -0.2) is 18.6 Å². The third-order valence-corrected chi connectivity index (χ3v) is 7.19. The number of halogens is 1. The van der Waals surface area contributed by atoms with Crippen molar-refractivity contribution in [2.24, 2.45) is 0 Å². The maximum Gasteiger partial charge on any atom is 0.234 e. The van der Waals surface area contributed by atoms with Gasteiger partial charge >= 0.3 is 0 Å². The van der Waals surface area contributed by atoms with Crippen LogP contribution in [0.2, 0.25) is 0 Å². The maximum atomic E-state index is 13.3. The molecule has 2 aromatic carbocycles. The lowest BCUT2D eigenvalue weighted by Gasteiger charge is -2.14. The van der Waals surface area contributed by atoms with Gasteiger partial charge in [0.25, 0.3) is 0 Å². The monoisotopic (exact) mass is 453 g/mol. The fourth-order valence-corrected chi connectivity index (χ4v) is 5.34. The number of H-pyrrole nitrogens is 1. The van der Waals surface area contributed by atoms with Crippen LogP contribution in [0.1, 0.15) is 66.2 Å². The Morgan fingerprint density at radius 2 is 1.91 bits per heavy atom. The molecule has 0 radical (unpaired) electrons. The summed E-state index contributed by atoms with van der Waals surface area (Å²) in [4.78, 5) is 0. The summed E-state index contributed by atoms with van der Waals surface area (Å²) in [6.07, 6.45) is 6.38. The van der Waals surface area contributed by atoms with Crippen molar-refractivity contribution >= 4 is 16.1 Å². The molecular formula is C25H28FN3O2S. The van der Waals surface area contributed by atoms with Crippen molar-refractivity contribution in [3.05, 3.63) is 93.9 Å². The first-order chi connectivity index (χ1) is 15.4. The minimum absolute atomic E-state index is 0.235. The van der Waals surface area contributed by atoms with E-state index in [1.54, 1.807) is 6.08 Å². The lowest BCUT2D eigenvalue weighted by atomic mass is 9.91. The van der Waals surface area contributed by atoms with Crippen molar-refractivity contribution in [1.29, 1.82) is 0 Å². The summed E-state index contributed by atoms with van der Waals surface area (Å²) in [6, 6.07) is 15.8. The Morgan fingerprint density at radius 1 is 1.16 bits per heavy atom. The van der Waals surface area contributed by atoms with Crippen LogP contribution in [0.25, 0.3) is 6.08 Å². The smallest absolute Gasteiger partial charge is 0.234 e. The van der Waals surface area contributed by atoms with Crippen LogP contribution in [-0.2, 0) is 22.9 Å². The minimum atomic E-state index is -3.63. The second kappa shape index (κ2) is 9.79. The predicted molar refractivity (Wildman–Crippen MR) is 125 cm³/mol. The zero-order chi connectivity index (χ0) is 22.6. The van der Waals surface area contributed by atoms with E-state index in [4.69, 9.17) is 0 Å². The molecule has 0 saturated heterocycles. The molecule has 0 amide bonds. The summed E-state index contributed by atoms with van der Waals surface area (Å²) in [6.45, 7) is 1.82. The second-order valence-corrected chi connectivity index (χ2v) is 9.97. The number of rotatable bonds is 7. The van der Waals surface area contributed by atoms with Crippen molar-refractivity contribution in [3.63, 3.8) is 0 Å². The van der Waals surface area contributed by atoms with Crippen LogP contribution in [0.4, 0.5) is 4.39 Å². The molecule has 0 fully saturated rings. The summed E-state index contributed by atoms with van der Waals surface area (Å²) >= 11 is 0. The highest BCUT2D eigenvalue weighted by atomic mass is 32.2. The second-order valence-electron chi connectivity index (χ2n) is 8.37. The zero-order valence-electron chi connectivity index (χ0n) is 18.1. The van der Waals surface area contributed by atoms with Gasteiger partial charge in [-0.15, -0.1) is 0 Å². The lowest BCUT2D eigenvalue weighted by Crippen LogP contribution is -2.24. The number of hydrogen-bond donors (Lipinski definition) is 2. The number of sulfonamides is 1. The van der Waals surface area contributed by atoms with E-state index in [2.05, 4.69) is 14.9 Å². The van der Waals surface area contributed by atoms with Gasteiger partial charge < -0.3 is 0 Å². The van der Waals surface area contributed by atoms with Gasteiger partial charge in [0.15, 0.2) is 0 Å². The Morgan fingerprint density at radius 3 is 2.66 bits per heavy atom. The number of nitrogens with zero attached hydrogens (tertiary/aromatic N) is 1. The fourth-order valence-electron chi connectivity index (χ4n) is 4.33. The van der Waals surface area contributed by atoms with E-state index < -0.39 is 10.0 Å². The quantitative estimate of drug-likeness (QED) is 0.480. The van der Waals surface area contributed by atoms with E-state index in [1.807, 2.05) is 49.4 Å². The van der Waals surface area contributed by atoms with Gasteiger partial charge in [-0.25, -0.2) is 17.5 Å². The first-order valence-corrected chi connectivity index (χ1v) is 12.5. The van der Waals surface area contributed by atoms with Gasteiger partial charge in [0, 0.05) is 28.6 Å². The summed E-state index contributed by atoms with van der Waals surface area (Å²) in [5, 5.41) is 8.78. The minimum Gasteiger partial charge on any atom is -0.281 e. The molecule has 2 atom stereocenters. The predicted octanol–water partition coefficient (Wildman–Crippen LogP) is 5.25. The van der Waals surface area contributed by atoms with Crippen LogP contribution >= 0.6 is 0 Å². The number of aromatic nitrogens is 2. The van der Waals surface area contributed by atoms with Crippen LogP contribution in [0.5, 0.6) is 0 Å². The maximum absolute atomic E-state index is 13.3. The van der Waals surface area contributed by atoms with E-state index in [0.29, 0.717) is 5.69 Å². The normalized spacial score (nSPS) is 17.8. The van der Waals surface area contributed by atoms with Crippen LogP contribution in [0, 0.1) is 5.82 Å². The highest BCUT2D eigenvalue weighted by Crippen LogP contribution is 2.33. The molecule has 3 aromatic rings. The molecule has 32 heavy (non-hydrogen) atoms. The van der Waals surface area contributed by atoms with Crippen molar-refractivity contribution in [3.8, 4) is 0 Å². The van der Waals surface area contributed by atoms with Crippen LogP contribution in [0.3, 0.4) is 0 Å². The van der Waals surface area contributed by atoms with Gasteiger partial charge in [0.1, 0.15) is 5.82 Å². The van der Waals surface area contributed by atoms with E-state index in [0.717, 1.165) is 54.5 Å². The molecule has 168 valence electrons. The number of benzene rings is 2. The van der Waals surface area contributed by atoms with Gasteiger partial charge in [-0.1, -0.05) is 48.9 Å². The third-order valence-electron chi connectivity index (χ3n) is 6.01. The molecule has 1 aromatic heterocycles. The van der Waals surface area contributed by atoms with Gasteiger partial charge in [0.05, 0.1) is 5.69 Å². The molecule has 0 saturated carbocycles. The lowest BCUT2D eigenvalue weighted by molar-refractivity contribution is 0.576. The Balaban J connectivity index is 1.51. The molecule has 1 aliphatic rings. The highest BCUT2D eigenvalue weighted by molar-refractivity contribution is 7.92. The molecule has 1 heterocycles. The molecular weight excluding hydrogens is 425 g/mol. The summed E-state index contributed by atoms with van der Waals surface area (Å²) in [5.41, 5.74) is 4.80.